The minimum Gasteiger partial charge on any atom is -0.350 e. The Morgan fingerprint density at radius 1 is 1.19 bits per heavy atom. The van der Waals surface area contributed by atoms with E-state index in [1.807, 2.05) is 59.4 Å². The largest absolute Gasteiger partial charge is 0.350 e. The summed E-state index contributed by atoms with van der Waals surface area (Å²) in [5.74, 6) is -0.00899. The molecule has 138 valence electrons. The summed E-state index contributed by atoms with van der Waals surface area (Å²) in [6.45, 7) is 1.12. The number of aromatic nitrogens is 2. The molecule has 2 aromatic carbocycles. The van der Waals surface area contributed by atoms with Crippen LogP contribution in [-0.2, 0) is 11.3 Å². The molecule has 1 aliphatic rings. The van der Waals surface area contributed by atoms with Crippen LogP contribution in [0.25, 0.3) is 10.9 Å². The Kier molecular flexibility index (Phi) is 4.87. The molecular formula is C21H22N4O2. The maximum Gasteiger partial charge on any atom is 0.251 e. The van der Waals surface area contributed by atoms with Crippen LogP contribution in [0.15, 0.2) is 54.7 Å². The van der Waals surface area contributed by atoms with Crippen LogP contribution in [0.3, 0.4) is 0 Å². The van der Waals surface area contributed by atoms with Gasteiger partial charge in [0.1, 0.15) is 0 Å². The van der Waals surface area contributed by atoms with E-state index in [1.165, 1.54) is 0 Å². The lowest BCUT2D eigenvalue weighted by molar-refractivity contribution is -0.123. The smallest absolute Gasteiger partial charge is 0.251 e. The zero-order valence-corrected chi connectivity index (χ0v) is 15.0. The van der Waals surface area contributed by atoms with Crippen molar-refractivity contribution in [2.45, 2.75) is 31.8 Å². The molecule has 4 rings (SSSR count). The van der Waals surface area contributed by atoms with E-state index in [2.05, 4.69) is 15.7 Å². The SMILES string of the molecule is O=C1CCCC(c2ccc(C(=O)NCCn3cc4ccccc4n3)cc2)N1. The first kappa shape index (κ1) is 17.3. The van der Waals surface area contributed by atoms with Crippen LogP contribution in [-0.4, -0.2) is 28.1 Å². The number of hydrogen-bond donors (Lipinski definition) is 2. The van der Waals surface area contributed by atoms with Gasteiger partial charge in [-0.3, -0.25) is 14.3 Å². The minimum atomic E-state index is -0.106. The molecule has 1 saturated heterocycles. The van der Waals surface area contributed by atoms with E-state index in [-0.39, 0.29) is 17.9 Å². The van der Waals surface area contributed by atoms with Crippen molar-refractivity contribution >= 4 is 22.7 Å². The first-order chi connectivity index (χ1) is 13.2. The summed E-state index contributed by atoms with van der Waals surface area (Å²) < 4.78 is 1.85. The van der Waals surface area contributed by atoms with Gasteiger partial charge >= 0.3 is 0 Å². The maximum absolute atomic E-state index is 12.3. The van der Waals surface area contributed by atoms with Gasteiger partial charge in [0.15, 0.2) is 0 Å². The molecule has 6 nitrogen and oxygen atoms in total. The van der Waals surface area contributed by atoms with Gasteiger partial charge in [0, 0.05) is 30.1 Å². The van der Waals surface area contributed by atoms with Crippen molar-refractivity contribution in [1.29, 1.82) is 0 Å². The quantitative estimate of drug-likeness (QED) is 0.733. The second-order valence-corrected chi connectivity index (χ2v) is 6.84. The Morgan fingerprint density at radius 3 is 2.78 bits per heavy atom. The van der Waals surface area contributed by atoms with Crippen molar-refractivity contribution in [3.63, 3.8) is 0 Å². The normalized spacial score (nSPS) is 16.9. The Bertz CT molecular complexity index is 929. The number of carbonyl (C=O) groups is 2. The van der Waals surface area contributed by atoms with E-state index in [9.17, 15) is 9.59 Å². The summed E-state index contributed by atoms with van der Waals surface area (Å²) in [4.78, 5) is 23.9. The number of piperidine rings is 1. The highest BCUT2D eigenvalue weighted by Crippen LogP contribution is 2.23. The van der Waals surface area contributed by atoms with Crippen LogP contribution in [0.1, 0.15) is 41.2 Å². The van der Waals surface area contributed by atoms with E-state index in [0.717, 1.165) is 29.3 Å². The van der Waals surface area contributed by atoms with Crippen molar-refractivity contribution in [3.05, 3.63) is 65.9 Å². The van der Waals surface area contributed by atoms with Gasteiger partial charge in [0.2, 0.25) is 5.91 Å². The summed E-state index contributed by atoms with van der Waals surface area (Å²) in [6, 6.07) is 15.5. The molecule has 1 unspecified atom stereocenters. The first-order valence-corrected chi connectivity index (χ1v) is 9.29. The van der Waals surface area contributed by atoms with Crippen LogP contribution < -0.4 is 10.6 Å². The van der Waals surface area contributed by atoms with Crippen LogP contribution in [0, 0.1) is 0 Å². The molecule has 2 N–H and O–H groups in total. The molecule has 27 heavy (non-hydrogen) atoms. The fourth-order valence-corrected chi connectivity index (χ4v) is 3.44. The molecule has 0 saturated carbocycles. The number of hydrogen-bond acceptors (Lipinski definition) is 3. The highest BCUT2D eigenvalue weighted by atomic mass is 16.2. The first-order valence-electron chi connectivity index (χ1n) is 9.29. The summed E-state index contributed by atoms with van der Waals surface area (Å²) in [5.41, 5.74) is 2.61. The van der Waals surface area contributed by atoms with E-state index in [0.29, 0.717) is 25.1 Å². The zero-order chi connectivity index (χ0) is 18.6. The monoisotopic (exact) mass is 362 g/mol. The highest BCUT2D eigenvalue weighted by Gasteiger charge is 2.19. The van der Waals surface area contributed by atoms with Gasteiger partial charge in [-0.1, -0.05) is 30.3 Å². The average molecular weight is 362 g/mol. The third kappa shape index (κ3) is 4.00. The van der Waals surface area contributed by atoms with E-state index in [4.69, 9.17) is 0 Å². The number of fused-ring (bicyclic) bond motifs is 1. The van der Waals surface area contributed by atoms with Crippen molar-refractivity contribution in [1.82, 2.24) is 20.4 Å². The summed E-state index contributed by atoms with van der Waals surface area (Å²) in [5, 5.41) is 11.5. The molecule has 2 amide bonds. The fraction of sp³-hybridized carbons (Fsp3) is 0.286. The van der Waals surface area contributed by atoms with Gasteiger partial charge in [0.05, 0.1) is 18.1 Å². The van der Waals surface area contributed by atoms with Gasteiger partial charge < -0.3 is 10.6 Å². The second kappa shape index (κ2) is 7.61. The Balaban J connectivity index is 1.32. The predicted molar refractivity (Wildman–Crippen MR) is 103 cm³/mol. The van der Waals surface area contributed by atoms with Gasteiger partial charge in [0.25, 0.3) is 5.91 Å². The van der Waals surface area contributed by atoms with Crippen LogP contribution >= 0.6 is 0 Å². The number of amides is 2. The zero-order valence-electron chi connectivity index (χ0n) is 15.0. The van der Waals surface area contributed by atoms with Crippen molar-refractivity contribution in [2.24, 2.45) is 0 Å². The Morgan fingerprint density at radius 2 is 2.00 bits per heavy atom. The van der Waals surface area contributed by atoms with Crippen molar-refractivity contribution < 1.29 is 9.59 Å². The number of rotatable bonds is 5. The van der Waals surface area contributed by atoms with Gasteiger partial charge in [-0.2, -0.15) is 5.10 Å². The molecule has 0 radical (unpaired) electrons. The molecule has 3 aromatic rings. The van der Waals surface area contributed by atoms with Gasteiger partial charge in [-0.05, 0) is 36.6 Å². The summed E-state index contributed by atoms with van der Waals surface area (Å²) in [6.07, 6.45) is 4.42. The second-order valence-electron chi connectivity index (χ2n) is 6.84. The number of nitrogens with zero attached hydrogens (tertiary/aromatic N) is 2. The minimum absolute atomic E-state index is 0.0531. The Hall–Kier alpha value is -3.15. The van der Waals surface area contributed by atoms with Crippen LogP contribution in [0.5, 0.6) is 0 Å². The Labute approximate surface area is 157 Å². The molecule has 0 spiro atoms. The lowest BCUT2D eigenvalue weighted by atomic mass is 9.96. The molecule has 0 aliphatic carbocycles. The van der Waals surface area contributed by atoms with Crippen LogP contribution in [0.2, 0.25) is 0 Å². The van der Waals surface area contributed by atoms with Crippen molar-refractivity contribution in [3.8, 4) is 0 Å². The topological polar surface area (TPSA) is 76.0 Å². The lowest BCUT2D eigenvalue weighted by Gasteiger charge is -2.23. The molecule has 1 atom stereocenters. The van der Waals surface area contributed by atoms with E-state index < -0.39 is 0 Å². The molecule has 6 heteroatoms. The predicted octanol–water partition coefficient (Wildman–Crippen LogP) is 2.81. The van der Waals surface area contributed by atoms with E-state index in [1.54, 1.807) is 0 Å². The fourth-order valence-electron chi connectivity index (χ4n) is 3.44. The third-order valence-corrected chi connectivity index (χ3v) is 4.89. The van der Waals surface area contributed by atoms with Crippen LogP contribution in [0.4, 0.5) is 0 Å². The standard InChI is InChI=1S/C21H22N4O2/c26-20-7-3-6-18(23-20)15-8-10-16(11-9-15)21(27)22-12-13-25-14-17-4-1-2-5-19(17)24-25/h1-2,4-5,8-11,14,18H,3,6-7,12-13H2,(H,22,27)(H,23,26). The number of nitrogens with one attached hydrogen (secondary N) is 2. The van der Waals surface area contributed by atoms with Gasteiger partial charge in [-0.25, -0.2) is 0 Å². The van der Waals surface area contributed by atoms with Gasteiger partial charge in [-0.15, -0.1) is 0 Å². The molecule has 1 aromatic heterocycles. The van der Waals surface area contributed by atoms with Crippen molar-refractivity contribution in [2.75, 3.05) is 6.54 Å². The lowest BCUT2D eigenvalue weighted by Crippen LogP contribution is -2.32. The molecule has 2 heterocycles. The molecule has 1 fully saturated rings. The molecular weight excluding hydrogens is 340 g/mol. The highest BCUT2D eigenvalue weighted by molar-refractivity contribution is 5.94. The average Bonchev–Trinajstić information content (AvgIpc) is 3.11. The maximum atomic E-state index is 12.3. The molecule has 0 bridgehead atoms. The third-order valence-electron chi connectivity index (χ3n) is 4.89. The number of benzene rings is 2. The summed E-state index contributed by atoms with van der Waals surface area (Å²) >= 11 is 0. The number of carbonyl (C=O) groups excluding carboxylic acids is 2. The van der Waals surface area contributed by atoms with E-state index >= 15 is 0 Å². The summed E-state index contributed by atoms with van der Waals surface area (Å²) in [7, 11) is 0. The molecule has 1 aliphatic heterocycles.